The van der Waals surface area contributed by atoms with E-state index in [0.717, 1.165) is 0 Å². The van der Waals surface area contributed by atoms with Gasteiger partial charge in [-0.1, -0.05) is 35.5 Å². The average Bonchev–Trinajstić information content (AvgIpc) is 2.87. The van der Waals surface area contributed by atoms with Gasteiger partial charge >= 0.3 is 5.97 Å². The molecule has 0 spiro atoms. The second-order valence-electron chi connectivity index (χ2n) is 5.13. The molecule has 6 nitrogen and oxygen atoms in total. The highest BCUT2D eigenvalue weighted by molar-refractivity contribution is 6.16. The van der Waals surface area contributed by atoms with Crippen molar-refractivity contribution >= 4 is 22.6 Å². The van der Waals surface area contributed by atoms with Crippen molar-refractivity contribution in [1.29, 1.82) is 0 Å². The van der Waals surface area contributed by atoms with Crippen LogP contribution in [0.3, 0.4) is 0 Å². The second-order valence-corrected chi connectivity index (χ2v) is 5.13. The van der Waals surface area contributed by atoms with E-state index in [-0.39, 0.29) is 5.56 Å². The van der Waals surface area contributed by atoms with Gasteiger partial charge in [-0.3, -0.25) is 9.36 Å². The minimum atomic E-state index is -0.531. The Morgan fingerprint density at radius 1 is 1.13 bits per heavy atom. The molecule has 0 fully saturated rings. The molecule has 1 aromatic heterocycles. The highest BCUT2D eigenvalue weighted by atomic mass is 16.7. The fourth-order valence-corrected chi connectivity index (χ4v) is 2.70. The lowest BCUT2D eigenvalue weighted by atomic mass is 10.1. The summed E-state index contributed by atoms with van der Waals surface area (Å²) in [5, 5.41) is 4.43. The summed E-state index contributed by atoms with van der Waals surface area (Å²) < 4.78 is 1.50. The van der Waals surface area contributed by atoms with E-state index in [0.29, 0.717) is 33.7 Å². The molecule has 2 aromatic carbocycles. The van der Waals surface area contributed by atoms with Gasteiger partial charge in [-0.05, 0) is 18.2 Å². The molecule has 6 heteroatoms. The predicted octanol–water partition coefficient (Wildman–Crippen LogP) is 2.01. The summed E-state index contributed by atoms with van der Waals surface area (Å²) in [6.45, 7) is 1.27. The zero-order valence-corrected chi connectivity index (χ0v) is 12.2. The quantitative estimate of drug-likeness (QED) is 0.398. The van der Waals surface area contributed by atoms with Gasteiger partial charge in [-0.15, -0.1) is 0 Å². The van der Waals surface area contributed by atoms with Crippen LogP contribution >= 0.6 is 0 Å². The van der Waals surface area contributed by atoms with Crippen LogP contribution in [0, 0.1) is 0 Å². The molecule has 0 unspecified atom stereocenters. The van der Waals surface area contributed by atoms with Gasteiger partial charge in [0.15, 0.2) is 11.5 Å². The molecular weight excluding hydrogens is 294 g/mol. The third-order valence-corrected chi connectivity index (χ3v) is 3.65. The molecule has 0 aliphatic carbocycles. The second kappa shape index (κ2) is 4.88. The van der Waals surface area contributed by atoms with E-state index in [4.69, 9.17) is 4.84 Å². The number of benzene rings is 2. The van der Waals surface area contributed by atoms with Crippen molar-refractivity contribution in [3.05, 3.63) is 70.3 Å². The van der Waals surface area contributed by atoms with Gasteiger partial charge < -0.3 is 4.84 Å². The highest BCUT2D eigenvalue weighted by Crippen LogP contribution is 2.26. The number of para-hydroxylation sites is 2. The molecule has 0 amide bonds. The van der Waals surface area contributed by atoms with Crippen molar-refractivity contribution in [3.8, 4) is 5.69 Å². The fraction of sp³-hybridized carbons (Fsp3) is 0.0588. The van der Waals surface area contributed by atoms with E-state index in [2.05, 4.69) is 10.1 Å². The van der Waals surface area contributed by atoms with Crippen molar-refractivity contribution in [2.75, 3.05) is 0 Å². The van der Waals surface area contributed by atoms with Gasteiger partial charge in [0.25, 0.3) is 5.56 Å². The normalized spacial score (nSPS) is 13.9. The standard InChI is InChI=1S/C17H11N3O3/c1-10(21)23-19-15-12-7-3-5-9-14(12)20-16(15)18-13-8-4-2-6-11(13)17(20)22/h2-9H,1H3/b19-15+. The molecule has 0 saturated heterocycles. The van der Waals surface area contributed by atoms with E-state index in [1.165, 1.54) is 11.5 Å². The summed E-state index contributed by atoms with van der Waals surface area (Å²) >= 11 is 0. The topological polar surface area (TPSA) is 73.5 Å². The van der Waals surface area contributed by atoms with Crippen molar-refractivity contribution < 1.29 is 9.63 Å². The Morgan fingerprint density at radius 3 is 2.70 bits per heavy atom. The number of oxime groups is 1. The average molecular weight is 305 g/mol. The molecular formula is C17H11N3O3. The van der Waals surface area contributed by atoms with Crippen LogP contribution in [0.1, 0.15) is 18.3 Å². The van der Waals surface area contributed by atoms with Gasteiger partial charge in [0.1, 0.15) is 0 Å². The number of rotatable bonds is 1. The first-order chi connectivity index (χ1) is 11.2. The summed E-state index contributed by atoms with van der Waals surface area (Å²) in [5.41, 5.74) is 2.15. The Bertz CT molecular complexity index is 1050. The molecule has 0 saturated carbocycles. The Morgan fingerprint density at radius 2 is 1.87 bits per heavy atom. The predicted molar refractivity (Wildman–Crippen MR) is 84.7 cm³/mol. The SMILES string of the molecule is CC(=O)O/N=C1\c2ccccc2-n2c1nc1ccccc1c2=O. The van der Waals surface area contributed by atoms with E-state index in [9.17, 15) is 9.59 Å². The lowest BCUT2D eigenvalue weighted by Gasteiger charge is -2.05. The molecule has 1 aliphatic rings. The van der Waals surface area contributed by atoms with E-state index >= 15 is 0 Å². The third-order valence-electron chi connectivity index (χ3n) is 3.65. The maximum absolute atomic E-state index is 12.8. The first-order valence-electron chi connectivity index (χ1n) is 7.04. The summed E-state index contributed by atoms with van der Waals surface area (Å²) in [6, 6.07) is 14.4. The lowest BCUT2D eigenvalue weighted by Crippen LogP contribution is -2.21. The van der Waals surface area contributed by atoms with Crippen LogP contribution in [-0.2, 0) is 9.63 Å². The summed E-state index contributed by atoms with van der Waals surface area (Å²) in [4.78, 5) is 33.2. The Balaban J connectivity index is 2.10. The highest BCUT2D eigenvalue weighted by Gasteiger charge is 2.29. The van der Waals surface area contributed by atoms with Crippen LogP contribution in [0.2, 0.25) is 0 Å². The Kier molecular flexibility index (Phi) is 2.84. The molecule has 0 atom stereocenters. The number of hydrogen-bond donors (Lipinski definition) is 0. The zero-order chi connectivity index (χ0) is 16.0. The van der Waals surface area contributed by atoms with Crippen LogP contribution in [0.15, 0.2) is 58.5 Å². The number of hydrogen-bond acceptors (Lipinski definition) is 5. The summed E-state index contributed by atoms with van der Waals surface area (Å²) in [5.74, 6) is -0.160. The van der Waals surface area contributed by atoms with Crippen LogP contribution in [0.5, 0.6) is 0 Å². The molecule has 0 bridgehead atoms. The summed E-state index contributed by atoms with van der Waals surface area (Å²) in [7, 11) is 0. The van der Waals surface area contributed by atoms with Gasteiger partial charge in [0.05, 0.1) is 16.6 Å². The minimum Gasteiger partial charge on any atom is -0.318 e. The molecule has 4 rings (SSSR count). The van der Waals surface area contributed by atoms with E-state index < -0.39 is 5.97 Å². The fourth-order valence-electron chi connectivity index (χ4n) is 2.70. The number of aromatic nitrogens is 2. The monoisotopic (exact) mass is 305 g/mol. The van der Waals surface area contributed by atoms with Crippen molar-refractivity contribution in [3.63, 3.8) is 0 Å². The molecule has 0 radical (unpaired) electrons. The molecule has 3 aromatic rings. The number of carbonyl (C=O) groups is 1. The summed E-state index contributed by atoms with van der Waals surface area (Å²) in [6.07, 6.45) is 0. The van der Waals surface area contributed by atoms with E-state index in [1.807, 2.05) is 30.3 Å². The molecule has 1 aliphatic heterocycles. The van der Waals surface area contributed by atoms with Crippen molar-refractivity contribution in [1.82, 2.24) is 9.55 Å². The van der Waals surface area contributed by atoms with Gasteiger partial charge in [-0.25, -0.2) is 9.78 Å². The Hall–Kier alpha value is -3.28. The van der Waals surface area contributed by atoms with Crippen LogP contribution in [0.25, 0.3) is 16.6 Å². The van der Waals surface area contributed by atoms with Gasteiger partial charge in [-0.2, -0.15) is 0 Å². The number of nitrogens with zero attached hydrogens (tertiary/aromatic N) is 3. The minimum absolute atomic E-state index is 0.175. The van der Waals surface area contributed by atoms with Crippen LogP contribution < -0.4 is 5.56 Å². The van der Waals surface area contributed by atoms with Gasteiger partial charge in [0.2, 0.25) is 0 Å². The Labute approximate surface area is 130 Å². The van der Waals surface area contributed by atoms with Crippen LogP contribution in [-0.4, -0.2) is 21.2 Å². The van der Waals surface area contributed by atoms with Crippen molar-refractivity contribution in [2.24, 2.45) is 5.16 Å². The maximum atomic E-state index is 12.8. The number of fused-ring (bicyclic) bond motifs is 4. The van der Waals surface area contributed by atoms with Gasteiger partial charge in [0, 0.05) is 12.5 Å². The molecule has 23 heavy (non-hydrogen) atoms. The molecule has 0 N–H and O–H groups in total. The molecule has 112 valence electrons. The zero-order valence-electron chi connectivity index (χ0n) is 12.2. The maximum Gasteiger partial charge on any atom is 0.332 e. The van der Waals surface area contributed by atoms with E-state index in [1.54, 1.807) is 18.2 Å². The number of carbonyl (C=O) groups excluding carboxylic acids is 1. The lowest BCUT2D eigenvalue weighted by molar-refractivity contribution is -0.140. The first kappa shape index (κ1) is 13.4. The third kappa shape index (κ3) is 1.96. The smallest absolute Gasteiger partial charge is 0.318 e. The molecule has 2 heterocycles. The largest absolute Gasteiger partial charge is 0.332 e. The first-order valence-corrected chi connectivity index (χ1v) is 7.04. The van der Waals surface area contributed by atoms with Crippen molar-refractivity contribution in [2.45, 2.75) is 6.92 Å². The van der Waals surface area contributed by atoms with Crippen LogP contribution in [0.4, 0.5) is 0 Å².